The first-order chi connectivity index (χ1) is 7.54. The summed E-state index contributed by atoms with van der Waals surface area (Å²) < 4.78 is 5.12. The summed E-state index contributed by atoms with van der Waals surface area (Å²) in [5, 5.41) is 9.71. The van der Waals surface area contributed by atoms with Crippen LogP contribution in [0.15, 0.2) is 21.3 Å². The first-order valence-corrected chi connectivity index (χ1v) is 4.99. The van der Waals surface area contributed by atoms with Crippen molar-refractivity contribution >= 4 is 11.0 Å². The molecule has 0 radical (unpaired) electrons. The Bertz CT molecular complexity index is 675. The quantitative estimate of drug-likeness (QED) is 0.632. The van der Waals surface area contributed by atoms with Gasteiger partial charge in [-0.05, 0) is 49.6 Å². The third-order valence-electron chi connectivity index (χ3n) is 2.89. The minimum atomic E-state index is -0.559. The van der Waals surface area contributed by atoms with Gasteiger partial charge in [0.2, 0.25) is 0 Å². The highest BCUT2D eigenvalue weighted by Crippen LogP contribution is 2.22. The van der Waals surface area contributed by atoms with Crippen LogP contribution in [-0.4, -0.2) is 0 Å². The fraction of sp³-hybridized carbons (Fsp3) is 0.231. The maximum Gasteiger partial charge on any atom is 0.354 e. The van der Waals surface area contributed by atoms with Gasteiger partial charge in [0, 0.05) is 5.39 Å². The summed E-state index contributed by atoms with van der Waals surface area (Å²) in [6.45, 7) is 5.72. The Kier molecular flexibility index (Phi) is 2.28. The second-order valence-corrected chi connectivity index (χ2v) is 3.93. The van der Waals surface area contributed by atoms with Gasteiger partial charge in [-0.15, -0.1) is 0 Å². The lowest BCUT2D eigenvalue weighted by molar-refractivity contribution is 0.557. The molecule has 2 aromatic rings. The van der Waals surface area contributed by atoms with E-state index in [1.54, 1.807) is 6.92 Å². The number of rotatable bonds is 0. The maximum atomic E-state index is 11.5. The van der Waals surface area contributed by atoms with Crippen molar-refractivity contribution in [2.45, 2.75) is 20.8 Å². The normalized spacial score (nSPS) is 10.4. The van der Waals surface area contributed by atoms with Crippen LogP contribution in [0.1, 0.15) is 22.3 Å². The van der Waals surface area contributed by atoms with Gasteiger partial charge in [0.25, 0.3) is 0 Å². The molecule has 0 saturated carbocycles. The second kappa shape index (κ2) is 3.49. The van der Waals surface area contributed by atoms with E-state index >= 15 is 0 Å². The molecule has 80 valence electrons. The summed E-state index contributed by atoms with van der Waals surface area (Å²) >= 11 is 0. The first-order valence-electron chi connectivity index (χ1n) is 4.99. The zero-order chi connectivity index (χ0) is 11.9. The van der Waals surface area contributed by atoms with Crippen LogP contribution in [0.25, 0.3) is 11.0 Å². The first kappa shape index (κ1) is 10.4. The minimum Gasteiger partial charge on any atom is -0.422 e. The van der Waals surface area contributed by atoms with Crippen molar-refractivity contribution in [1.82, 2.24) is 0 Å². The van der Waals surface area contributed by atoms with E-state index in [1.807, 2.05) is 32.0 Å². The predicted molar refractivity (Wildman–Crippen MR) is 61.4 cm³/mol. The molecule has 0 aliphatic heterocycles. The Morgan fingerprint density at radius 1 is 1.19 bits per heavy atom. The highest BCUT2D eigenvalue weighted by atomic mass is 16.4. The largest absolute Gasteiger partial charge is 0.422 e. The number of hydrogen-bond donors (Lipinski definition) is 0. The lowest BCUT2D eigenvalue weighted by atomic mass is 10.0. The van der Waals surface area contributed by atoms with Gasteiger partial charge < -0.3 is 4.42 Å². The van der Waals surface area contributed by atoms with E-state index in [2.05, 4.69) is 0 Å². The lowest BCUT2D eigenvalue weighted by Crippen LogP contribution is -2.06. The van der Waals surface area contributed by atoms with Gasteiger partial charge in [-0.3, -0.25) is 0 Å². The van der Waals surface area contributed by atoms with Crippen molar-refractivity contribution in [3.8, 4) is 6.07 Å². The number of hydrogen-bond acceptors (Lipinski definition) is 3. The van der Waals surface area contributed by atoms with Gasteiger partial charge >= 0.3 is 5.63 Å². The minimum absolute atomic E-state index is 0.0933. The van der Waals surface area contributed by atoms with Gasteiger partial charge in [-0.25, -0.2) is 4.79 Å². The van der Waals surface area contributed by atoms with Crippen LogP contribution in [-0.2, 0) is 0 Å². The van der Waals surface area contributed by atoms with E-state index in [9.17, 15) is 4.79 Å². The van der Waals surface area contributed by atoms with Crippen LogP contribution >= 0.6 is 0 Å². The molecule has 0 spiro atoms. The van der Waals surface area contributed by atoms with Crippen LogP contribution in [0.3, 0.4) is 0 Å². The highest BCUT2D eigenvalue weighted by Gasteiger charge is 2.11. The lowest BCUT2D eigenvalue weighted by Gasteiger charge is -2.05. The summed E-state index contributed by atoms with van der Waals surface area (Å²) in [4.78, 5) is 11.5. The van der Waals surface area contributed by atoms with Gasteiger partial charge in [0.05, 0.1) is 0 Å². The smallest absolute Gasteiger partial charge is 0.354 e. The van der Waals surface area contributed by atoms with Gasteiger partial charge in [0.1, 0.15) is 17.2 Å². The van der Waals surface area contributed by atoms with Crippen LogP contribution in [0.4, 0.5) is 0 Å². The number of nitrogens with zero attached hydrogens (tertiary/aromatic N) is 1. The van der Waals surface area contributed by atoms with Crippen LogP contribution in [0.5, 0.6) is 0 Å². The molecule has 3 nitrogen and oxygen atoms in total. The average Bonchev–Trinajstić information content (AvgIpc) is 2.22. The van der Waals surface area contributed by atoms with E-state index < -0.39 is 5.63 Å². The van der Waals surface area contributed by atoms with Gasteiger partial charge in [-0.1, -0.05) is 0 Å². The van der Waals surface area contributed by atoms with Crippen molar-refractivity contribution in [2.24, 2.45) is 0 Å². The number of aryl methyl sites for hydroxylation is 3. The summed E-state index contributed by atoms with van der Waals surface area (Å²) in [6.07, 6.45) is 0. The van der Waals surface area contributed by atoms with Crippen molar-refractivity contribution in [3.05, 3.63) is 44.8 Å². The number of nitriles is 1. The molecule has 0 fully saturated rings. The fourth-order valence-corrected chi connectivity index (χ4v) is 1.74. The molecular formula is C13H11NO2. The van der Waals surface area contributed by atoms with Gasteiger partial charge in [0.15, 0.2) is 0 Å². The zero-order valence-corrected chi connectivity index (χ0v) is 9.42. The van der Waals surface area contributed by atoms with Crippen molar-refractivity contribution in [1.29, 1.82) is 5.26 Å². The topological polar surface area (TPSA) is 54.0 Å². The molecule has 0 N–H and O–H groups in total. The Labute approximate surface area is 92.9 Å². The van der Waals surface area contributed by atoms with E-state index in [1.165, 1.54) is 0 Å². The monoisotopic (exact) mass is 213 g/mol. The van der Waals surface area contributed by atoms with Crippen molar-refractivity contribution in [2.75, 3.05) is 0 Å². The molecule has 0 atom stereocenters. The summed E-state index contributed by atoms with van der Waals surface area (Å²) in [5.41, 5.74) is 2.96. The predicted octanol–water partition coefficient (Wildman–Crippen LogP) is 2.59. The van der Waals surface area contributed by atoms with Crippen LogP contribution < -0.4 is 5.63 Å². The van der Waals surface area contributed by atoms with Crippen LogP contribution in [0, 0.1) is 32.1 Å². The molecule has 0 aliphatic rings. The highest BCUT2D eigenvalue weighted by molar-refractivity contribution is 5.83. The van der Waals surface area contributed by atoms with Crippen molar-refractivity contribution < 1.29 is 4.42 Å². The van der Waals surface area contributed by atoms with E-state index in [0.29, 0.717) is 11.1 Å². The van der Waals surface area contributed by atoms with E-state index in [-0.39, 0.29) is 5.56 Å². The summed E-state index contributed by atoms with van der Waals surface area (Å²) in [6, 6.07) is 5.67. The number of benzene rings is 1. The molecule has 16 heavy (non-hydrogen) atoms. The maximum absolute atomic E-state index is 11.5. The zero-order valence-electron chi connectivity index (χ0n) is 9.42. The molecule has 0 amide bonds. The van der Waals surface area contributed by atoms with Crippen LogP contribution in [0.2, 0.25) is 0 Å². The van der Waals surface area contributed by atoms with Gasteiger partial charge in [-0.2, -0.15) is 5.26 Å². The molecule has 0 aliphatic carbocycles. The Balaban J connectivity index is 3.01. The third-order valence-corrected chi connectivity index (χ3v) is 2.89. The Morgan fingerprint density at radius 2 is 1.81 bits per heavy atom. The Morgan fingerprint density at radius 3 is 2.44 bits per heavy atom. The molecule has 2 rings (SSSR count). The molecule has 3 heteroatoms. The SMILES string of the molecule is Cc1cc2oc(=O)c(C#N)c(C)c2cc1C. The molecule has 0 bridgehead atoms. The van der Waals surface area contributed by atoms with Crippen molar-refractivity contribution in [3.63, 3.8) is 0 Å². The van der Waals surface area contributed by atoms with E-state index in [0.717, 1.165) is 16.5 Å². The molecule has 0 unspecified atom stereocenters. The second-order valence-electron chi connectivity index (χ2n) is 3.93. The van der Waals surface area contributed by atoms with E-state index in [4.69, 9.17) is 9.68 Å². The third kappa shape index (κ3) is 1.40. The summed E-state index contributed by atoms with van der Waals surface area (Å²) in [7, 11) is 0. The summed E-state index contributed by atoms with van der Waals surface area (Å²) in [5.74, 6) is 0. The molecule has 0 saturated heterocycles. The Hall–Kier alpha value is -2.08. The fourth-order valence-electron chi connectivity index (χ4n) is 1.74. The molecule has 1 aromatic carbocycles. The molecule has 1 aromatic heterocycles. The number of fused-ring (bicyclic) bond motifs is 1. The standard InChI is InChI=1S/C13H11NO2/c1-7-4-10-9(3)11(6-14)13(15)16-12(10)5-8(7)2/h4-5H,1-3H3. The molecular weight excluding hydrogens is 202 g/mol. The molecule has 1 heterocycles. The average molecular weight is 213 g/mol.